The van der Waals surface area contributed by atoms with Crippen molar-refractivity contribution in [1.29, 1.82) is 0 Å². The highest BCUT2D eigenvalue weighted by Gasteiger charge is 2.17. The van der Waals surface area contributed by atoms with Crippen LogP contribution in [0, 0.1) is 0 Å². The van der Waals surface area contributed by atoms with E-state index in [1.54, 1.807) is 6.07 Å². The highest BCUT2D eigenvalue weighted by Crippen LogP contribution is 2.14. The third-order valence-electron chi connectivity index (χ3n) is 2.69. The minimum Gasteiger partial charge on any atom is -0.481 e. The first-order valence-corrected chi connectivity index (χ1v) is 5.80. The molecule has 0 amide bonds. The molecule has 0 spiro atoms. The van der Waals surface area contributed by atoms with Crippen molar-refractivity contribution in [3.05, 3.63) is 28.7 Å². The minimum atomic E-state index is -0.962. The first kappa shape index (κ1) is 13.9. The largest absolute Gasteiger partial charge is 0.481 e. The van der Waals surface area contributed by atoms with Crippen LogP contribution in [0.1, 0.15) is 6.42 Å². The zero-order valence-electron chi connectivity index (χ0n) is 10.7. The monoisotopic (exact) mass is 279 g/mol. The van der Waals surface area contributed by atoms with Crippen molar-refractivity contribution < 1.29 is 14.6 Å². The smallest absolute Gasteiger partial charge is 0.306 e. The van der Waals surface area contributed by atoms with Crippen LogP contribution in [0.4, 0.5) is 0 Å². The average molecular weight is 279 g/mol. The summed E-state index contributed by atoms with van der Waals surface area (Å²) in [6, 6.07) is 2.94. The van der Waals surface area contributed by atoms with E-state index in [9.17, 15) is 9.59 Å². The maximum absolute atomic E-state index is 11.0. The number of carbonyl (C=O) groups is 1. The SMILES string of the molecule is COC(CC(=O)O)Cn1nnnc1-c1ccc(=O)[nH]c1. The molecule has 2 aromatic heterocycles. The van der Waals surface area contributed by atoms with Gasteiger partial charge in [0.1, 0.15) is 0 Å². The van der Waals surface area contributed by atoms with Gasteiger partial charge in [0.2, 0.25) is 5.56 Å². The molecule has 0 aromatic carbocycles. The summed E-state index contributed by atoms with van der Waals surface area (Å²) in [6.45, 7) is 0.199. The second kappa shape index (κ2) is 6.06. The summed E-state index contributed by atoms with van der Waals surface area (Å²) in [7, 11) is 1.43. The molecule has 0 saturated heterocycles. The van der Waals surface area contributed by atoms with Crippen LogP contribution in [-0.4, -0.2) is 49.5 Å². The molecule has 2 aromatic rings. The molecule has 0 radical (unpaired) electrons. The summed E-state index contributed by atoms with van der Waals surface area (Å²) >= 11 is 0. The Bertz CT molecular complexity index is 630. The first-order chi connectivity index (χ1) is 9.60. The summed E-state index contributed by atoms with van der Waals surface area (Å²) in [6.07, 6.45) is 0.794. The zero-order chi connectivity index (χ0) is 14.5. The molecule has 0 fully saturated rings. The zero-order valence-corrected chi connectivity index (χ0v) is 10.7. The number of rotatable bonds is 6. The van der Waals surface area contributed by atoms with Gasteiger partial charge in [0.05, 0.1) is 19.1 Å². The van der Waals surface area contributed by atoms with E-state index in [1.807, 2.05) is 0 Å². The molecule has 1 atom stereocenters. The third kappa shape index (κ3) is 3.26. The van der Waals surface area contributed by atoms with E-state index in [2.05, 4.69) is 20.5 Å². The van der Waals surface area contributed by atoms with Gasteiger partial charge in [-0.25, -0.2) is 4.68 Å². The number of nitrogens with zero attached hydrogens (tertiary/aromatic N) is 4. The summed E-state index contributed by atoms with van der Waals surface area (Å²) < 4.78 is 6.52. The maximum atomic E-state index is 11.0. The number of methoxy groups -OCH3 is 1. The number of hydrogen-bond acceptors (Lipinski definition) is 6. The van der Waals surface area contributed by atoms with E-state index in [0.717, 1.165) is 0 Å². The highest BCUT2D eigenvalue weighted by molar-refractivity contribution is 5.67. The fraction of sp³-hybridized carbons (Fsp3) is 0.364. The highest BCUT2D eigenvalue weighted by atomic mass is 16.5. The fourth-order valence-corrected chi connectivity index (χ4v) is 1.69. The van der Waals surface area contributed by atoms with Crippen molar-refractivity contribution in [1.82, 2.24) is 25.2 Å². The molecular formula is C11H13N5O4. The maximum Gasteiger partial charge on any atom is 0.306 e. The molecule has 2 N–H and O–H groups in total. The van der Waals surface area contributed by atoms with E-state index in [-0.39, 0.29) is 18.5 Å². The van der Waals surface area contributed by atoms with Gasteiger partial charge >= 0.3 is 5.97 Å². The van der Waals surface area contributed by atoms with E-state index < -0.39 is 12.1 Å². The molecule has 20 heavy (non-hydrogen) atoms. The van der Waals surface area contributed by atoms with Crippen LogP contribution in [0.2, 0.25) is 0 Å². The number of aromatic nitrogens is 5. The van der Waals surface area contributed by atoms with Crippen LogP contribution in [0.25, 0.3) is 11.4 Å². The van der Waals surface area contributed by atoms with Crippen LogP contribution >= 0.6 is 0 Å². The lowest BCUT2D eigenvalue weighted by Gasteiger charge is -2.13. The second-order valence-electron chi connectivity index (χ2n) is 4.08. The van der Waals surface area contributed by atoms with Gasteiger partial charge in [-0.3, -0.25) is 9.59 Å². The van der Waals surface area contributed by atoms with Gasteiger partial charge in [0, 0.05) is 24.9 Å². The van der Waals surface area contributed by atoms with Gasteiger partial charge < -0.3 is 14.8 Å². The number of carboxylic acid groups (broad SMARTS) is 1. The molecule has 106 valence electrons. The molecule has 0 aliphatic heterocycles. The van der Waals surface area contributed by atoms with Crippen LogP contribution in [0.15, 0.2) is 23.1 Å². The quantitative estimate of drug-likeness (QED) is 0.731. The number of ether oxygens (including phenoxy) is 1. The Morgan fingerprint density at radius 3 is 2.95 bits per heavy atom. The van der Waals surface area contributed by atoms with Gasteiger partial charge in [-0.05, 0) is 16.5 Å². The van der Waals surface area contributed by atoms with Crippen molar-refractivity contribution in [3.8, 4) is 11.4 Å². The van der Waals surface area contributed by atoms with Crippen LogP contribution in [-0.2, 0) is 16.1 Å². The van der Waals surface area contributed by atoms with Crippen molar-refractivity contribution in [2.24, 2.45) is 0 Å². The van der Waals surface area contributed by atoms with E-state index >= 15 is 0 Å². The lowest BCUT2D eigenvalue weighted by atomic mass is 10.2. The molecule has 2 rings (SSSR count). The van der Waals surface area contributed by atoms with Crippen LogP contribution < -0.4 is 5.56 Å². The Balaban J connectivity index is 2.22. The fourth-order valence-electron chi connectivity index (χ4n) is 1.69. The number of aliphatic carboxylic acids is 1. The van der Waals surface area contributed by atoms with Gasteiger partial charge in [-0.15, -0.1) is 5.10 Å². The van der Waals surface area contributed by atoms with E-state index in [1.165, 1.54) is 24.1 Å². The molecule has 0 saturated carbocycles. The van der Waals surface area contributed by atoms with Gasteiger partial charge in [0.25, 0.3) is 0 Å². The molecule has 2 heterocycles. The van der Waals surface area contributed by atoms with Gasteiger partial charge in [-0.1, -0.05) is 0 Å². The normalized spacial score (nSPS) is 12.2. The molecule has 0 aliphatic rings. The Morgan fingerprint density at radius 1 is 1.55 bits per heavy atom. The summed E-state index contributed by atoms with van der Waals surface area (Å²) in [4.78, 5) is 24.3. The van der Waals surface area contributed by atoms with E-state index in [0.29, 0.717) is 11.4 Å². The van der Waals surface area contributed by atoms with Crippen LogP contribution in [0.5, 0.6) is 0 Å². The number of H-pyrrole nitrogens is 1. The lowest BCUT2D eigenvalue weighted by Crippen LogP contribution is -2.23. The molecule has 1 unspecified atom stereocenters. The number of nitrogens with one attached hydrogen (secondary N) is 1. The van der Waals surface area contributed by atoms with Crippen molar-refractivity contribution in [3.63, 3.8) is 0 Å². The molecule has 9 nitrogen and oxygen atoms in total. The Labute approximate surface area is 113 Å². The summed E-state index contributed by atoms with van der Waals surface area (Å²) in [5, 5.41) is 20.0. The summed E-state index contributed by atoms with van der Waals surface area (Å²) in [5.74, 6) is -0.538. The number of pyridine rings is 1. The lowest BCUT2D eigenvalue weighted by molar-refractivity contribution is -0.139. The van der Waals surface area contributed by atoms with E-state index in [4.69, 9.17) is 9.84 Å². The third-order valence-corrected chi connectivity index (χ3v) is 2.69. The van der Waals surface area contributed by atoms with Crippen molar-refractivity contribution >= 4 is 5.97 Å². The number of tetrazole rings is 1. The predicted molar refractivity (Wildman–Crippen MR) is 66.9 cm³/mol. The average Bonchev–Trinajstić information content (AvgIpc) is 2.86. The molecule has 0 bridgehead atoms. The van der Waals surface area contributed by atoms with Gasteiger partial charge in [-0.2, -0.15) is 0 Å². The Morgan fingerprint density at radius 2 is 2.35 bits per heavy atom. The molecule has 9 heteroatoms. The number of carboxylic acids is 1. The number of hydrogen-bond donors (Lipinski definition) is 2. The predicted octanol–water partition coefficient (Wildman–Crippen LogP) is -0.482. The number of aromatic amines is 1. The Kier molecular flexibility index (Phi) is 4.20. The summed E-state index contributed by atoms with van der Waals surface area (Å²) in [5.41, 5.74) is 0.396. The standard InChI is InChI=1S/C11H13N5O4/c1-20-8(4-10(18)19)6-16-11(13-14-15-16)7-2-3-9(17)12-5-7/h2-3,5,8H,4,6H2,1H3,(H,12,17)(H,18,19). The van der Waals surface area contributed by atoms with Gasteiger partial charge in [0.15, 0.2) is 5.82 Å². The van der Waals surface area contributed by atoms with Crippen molar-refractivity contribution in [2.75, 3.05) is 7.11 Å². The molecule has 0 aliphatic carbocycles. The minimum absolute atomic E-state index is 0.151. The van der Waals surface area contributed by atoms with Crippen molar-refractivity contribution in [2.45, 2.75) is 19.1 Å². The second-order valence-corrected chi connectivity index (χ2v) is 4.08. The topological polar surface area (TPSA) is 123 Å². The Hall–Kier alpha value is -2.55. The first-order valence-electron chi connectivity index (χ1n) is 5.80. The van der Waals surface area contributed by atoms with Crippen LogP contribution in [0.3, 0.4) is 0 Å². The molecular weight excluding hydrogens is 266 g/mol.